The minimum atomic E-state index is -0.855. The van der Waals surface area contributed by atoms with Gasteiger partial charge in [0, 0.05) is 6.42 Å². The van der Waals surface area contributed by atoms with Crippen molar-refractivity contribution in [2.24, 2.45) is 0 Å². The van der Waals surface area contributed by atoms with Gasteiger partial charge in [-0.15, -0.1) is 0 Å². The first-order chi connectivity index (χ1) is 21.2. The Kier molecular flexibility index (Phi) is 34.4. The number of nitrogens with one attached hydrogen (secondary N) is 1. The van der Waals surface area contributed by atoms with Gasteiger partial charge in [-0.2, -0.15) is 0 Å². The van der Waals surface area contributed by atoms with E-state index in [0.29, 0.717) is 6.42 Å². The van der Waals surface area contributed by atoms with Gasteiger partial charge in [0.25, 0.3) is 0 Å². The highest BCUT2D eigenvalue weighted by Crippen LogP contribution is 2.15. The molecule has 0 aromatic rings. The van der Waals surface area contributed by atoms with Crippen LogP contribution in [0.2, 0.25) is 0 Å². The number of unbranched alkanes of at least 4 members (excludes halogenated alkanes) is 25. The van der Waals surface area contributed by atoms with Crippen LogP contribution in [0, 0.1) is 0 Å². The van der Waals surface area contributed by atoms with Crippen LogP contribution in [-0.2, 0) is 4.79 Å². The molecule has 3 N–H and O–H groups in total. The number of aliphatic hydroxyl groups excluding tert-OH is 2. The van der Waals surface area contributed by atoms with E-state index in [1.165, 1.54) is 148 Å². The van der Waals surface area contributed by atoms with Gasteiger partial charge in [-0.05, 0) is 32.1 Å². The van der Waals surface area contributed by atoms with Gasteiger partial charge in [-0.1, -0.05) is 186 Å². The van der Waals surface area contributed by atoms with Crippen LogP contribution < -0.4 is 5.32 Å². The highest BCUT2D eigenvalue weighted by Gasteiger charge is 2.17. The summed E-state index contributed by atoms with van der Waals surface area (Å²) in [7, 11) is 0. The molecule has 0 rings (SSSR count). The van der Waals surface area contributed by atoms with E-state index in [1.54, 1.807) is 6.08 Å². The number of allylic oxidation sites excluding steroid dienone is 3. The first kappa shape index (κ1) is 41.9. The Morgan fingerprint density at radius 3 is 1.35 bits per heavy atom. The lowest BCUT2D eigenvalue weighted by Crippen LogP contribution is -2.45. The predicted octanol–water partition coefficient (Wildman–Crippen LogP) is 11.3. The molecule has 0 saturated heterocycles. The Labute approximate surface area is 269 Å². The summed E-state index contributed by atoms with van der Waals surface area (Å²) in [6, 6.07) is -0.632. The van der Waals surface area contributed by atoms with Crippen LogP contribution in [-0.4, -0.2) is 34.9 Å². The maximum atomic E-state index is 12.3. The van der Waals surface area contributed by atoms with Crippen molar-refractivity contribution in [3.63, 3.8) is 0 Å². The molecule has 0 spiro atoms. The Bertz CT molecular complexity index is 618. The van der Waals surface area contributed by atoms with Crippen molar-refractivity contribution in [2.75, 3.05) is 6.61 Å². The quantitative estimate of drug-likeness (QED) is 0.0505. The normalized spacial score (nSPS) is 13.3. The Morgan fingerprint density at radius 2 is 0.907 bits per heavy atom. The number of aliphatic hydroxyl groups is 2. The number of carbonyl (C=O) groups is 1. The van der Waals surface area contributed by atoms with Crippen LogP contribution in [0.4, 0.5) is 0 Å². The number of carbonyl (C=O) groups excluding carboxylic acids is 1. The van der Waals surface area contributed by atoms with Crippen LogP contribution in [0.3, 0.4) is 0 Å². The summed E-state index contributed by atoms with van der Waals surface area (Å²) in [5.41, 5.74) is 0. The molecule has 0 aliphatic rings. The van der Waals surface area contributed by atoms with Crippen LogP contribution in [0.15, 0.2) is 24.3 Å². The van der Waals surface area contributed by atoms with Crippen LogP contribution in [0.5, 0.6) is 0 Å². The molecule has 0 aromatic heterocycles. The van der Waals surface area contributed by atoms with E-state index >= 15 is 0 Å². The second-order valence-electron chi connectivity index (χ2n) is 13.0. The lowest BCUT2D eigenvalue weighted by Gasteiger charge is -2.19. The molecule has 0 radical (unpaired) electrons. The third kappa shape index (κ3) is 32.1. The molecule has 2 atom stereocenters. The number of rotatable bonds is 34. The fourth-order valence-electron chi connectivity index (χ4n) is 5.72. The molecule has 4 heteroatoms. The van der Waals surface area contributed by atoms with Crippen molar-refractivity contribution in [1.82, 2.24) is 5.32 Å². The molecular weight excluding hydrogens is 530 g/mol. The van der Waals surface area contributed by atoms with Crippen molar-refractivity contribution < 1.29 is 15.0 Å². The molecule has 1 amide bonds. The molecule has 0 aliphatic heterocycles. The summed E-state index contributed by atoms with van der Waals surface area (Å²) >= 11 is 0. The molecule has 0 heterocycles. The van der Waals surface area contributed by atoms with E-state index in [2.05, 4.69) is 31.3 Å². The molecule has 0 aliphatic carbocycles. The number of amides is 1. The van der Waals surface area contributed by atoms with E-state index in [-0.39, 0.29) is 12.5 Å². The van der Waals surface area contributed by atoms with Crippen LogP contribution >= 0.6 is 0 Å². The molecule has 4 nitrogen and oxygen atoms in total. The van der Waals surface area contributed by atoms with Crippen molar-refractivity contribution >= 4 is 5.91 Å². The SMILES string of the molecule is CCCCCCC/C=C/CC/C=C/C(O)C(CO)NC(=O)CCCCCCCCCCCCCCCCCCCCCC. The third-order valence-electron chi connectivity index (χ3n) is 8.69. The van der Waals surface area contributed by atoms with Crippen molar-refractivity contribution in [2.45, 2.75) is 212 Å². The highest BCUT2D eigenvalue weighted by atomic mass is 16.3. The van der Waals surface area contributed by atoms with Gasteiger partial charge in [0.05, 0.1) is 18.8 Å². The second-order valence-corrected chi connectivity index (χ2v) is 13.0. The van der Waals surface area contributed by atoms with E-state index in [1.807, 2.05) is 6.08 Å². The molecular formula is C39H75NO3. The zero-order valence-corrected chi connectivity index (χ0v) is 29.0. The molecule has 0 saturated carbocycles. The van der Waals surface area contributed by atoms with Crippen molar-refractivity contribution in [1.29, 1.82) is 0 Å². The average Bonchev–Trinajstić information content (AvgIpc) is 3.01. The minimum Gasteiger partial charge on any atom is -0.394 e. The second kappa shape index (κ2) is 35.4. The van der Waals surface area contributed by atoms with Crippen molar-refractivity contribution in [3.05, 3.63) is 24.3 Å². The molecule has 2 unspecified atom stereocenters. The number of hydrogen-bond donors (Lipinski definition) is 3. The Balaban J connectivity index is 3.56. The van der Waals surface area contributed by atoms with Crippen molar-refractivity contribution in [3.8, 4) is 0 Å². The fraction of sp³-hybridized carbons (Fsp3) is 0.872. The Hall–Kier alpha value is -1.13. The van der Waals surface area contributed by atoms with Crippen LogP contribution in [0.25, 0.3) is 0 Å². The highest BCUT2D eigenvalue weighted by molar-refractivity contribution is 5.76. The molecule has 0 bridgehead atoms. The van der Waals surface area contributed by atoms with Gasteiger partial charge < -0.3 is 15.5 Å². The maximum Gasteiger partial charge on any atom is 0.220 e. The minimum absolute atomic E-state index is 0.0734. The lowest BCUT2D eigenvalue weighted by molar-refractivity contribution is -0.123. The van der Waals surface area contributed by atoms with E-state index < -0.39 is 12.1 Å². The maximum absolute atomic E-state index is 12.3. The van der Waals surface area contributed by atoms with Crippen LogP contribution in [0.1, 0.15) is 200 Å². The van der Waals surface area contributed by atoms with Gasteiger partial charge in [0.1, 0.15) is 0 Å². The molecule has 0 aromatic carbocycles. The summed E-state index contributed by atoms with van der Waals surface area (Å²) < 4.78 is 0. The van der Waals surface area contributed by atoms with Gasteiger partial charge >= 0.3 is 0 Å². The summed E-state index contributed by atoms with van der Waals surface area (Å²) in [6.07, 6.45) is 44.1. The Morgan fingerprint density at radius 1 is 0.535 bits per heavy atom. The first-order valence-corrected chi connectivity index (χ1v) is 19.1. The van der Waals surface area contributed by atoms with Gasteiger partial charge in [0.2, 0.25) is 5.91 Å². The summed E-state index contributed by atoms with van der Waals surface area (Å²) in [6.45, 7) is 4.27. The first-order valence-electron chi connectivity index (χ1n) is 19.1. The van der Waals surface area contributed by atoms with Gasteiger partial charge in [-0.25, -0.2) is 0 Å². The predicted molar refractivity (Wildman–Crippen MR) is 189 cm³/mol. The fourth-order valence-corrected chi connectivity index (χ4v) is 5.72. The zero-order chi connectivity index (χ0) is 31.5. The molecule has 254 valence electrons. The van der Waals surface area contributed by atoms with Gasteiger partial charge in [0.15, 0.2) is 0 Å². The summed E-state index contributed by atoms with van der Waals surface area (Å²) in [5, 5.41) is 22.8. The largest absolute Gasteiger partial charge is 0.394 e. The topological polar surface area (TPSA) is 69.6 Å². The van der Waals surface area contributed by atoms with E-state index in [0.717, 1.165) is 32.1 Å². The van der Waals surface area contributed by atoms with Gasteiger partial charge in [-0.3, -0.25) is 4.79 Å². The van der Waals surface area contributed by atoms with E-state index in [4.69, 9.17) is 0 Å². The molecule has 43 heavy (non-hydrogen) atoms. The number of hydrogen-bond acceptors (Lipinski definition) is 3. The van der Waals surface area contributed by atoms with E-state index in [9.17, 15) is 15.0 Å². The zero-order valence-electron chi connectivity index (χ0n) is 29.0. The average molecular weight is 606 g/mol. The smallest absolute Gasteiger partial charge is 0.220 e. The summed E-state index contributed by atoms with van der Waals surface area (Å²) in [4.78, 5) is 12.3. The third-order valence-corrected chi connectivity index (χ3v) is 8.69. The molecule has 0 fully saturated rings. The monoisotopic (exact) mass is 606 g/mol. The standard InChI is InChI=1S/C39H75NO3/c1-3-5-7-9-11-13-15-16-17-18-19-20-21-22-23-25-27-29-31-33-35-39(43)40-37(36-41)38(42)34-32-30-28-26-24-14-12-10-8-6-4-2/h24,26,32,34,37-38,41-42H,3-23,25,27-31,33,35-36H2,1-2H3,(H,40,43)/b26-24+,34-32+. The summed E-state index contributed by atoms with van der Waals surface area (Å²) in [5.74, 6) is -0.0734. The lowest BCUT2D eigenvalue weighted by atomic mass is 10.0.